The molecule has 0 saturated heterocycles. The van der Waals surface area contributed by atoms with Crippen molar-refractivity contribution in [3.63, 3.8) is 0 Å². The van der Waals surface area contributed by atoms with Gasteiger partial charge in [0.25, 0.3) is 0 Å². The van der Waals surface area contributed by atoms with Gasteiger partial charge in [0.05, 0.1) is 23.0 Å². The summed E-state index contributed by atoms with van der Waals surface area (Å²) in [5, 5.41) is 9.05. The van der Waals surface area contributed by atoms with Crippen LogP contribution in [0.1, 0.15) is 15.9 Å². The summed E-state index contributed by atoms with van der Waals surface area (Å²) in [5.74, 6) is -0.664. The summed E-state index contributed by atoms with van der Waals surface area (Å²) in [4.78, 5) is 17.9. The summed E-state index contributed by atoms with van der Waals surface area (Å²) in [5.41, 5.74) is 0.412. The van der Waals surface area contributed by atoms with Crippen LogP contribution in [0.4, 0.5) is 13.2 Å². The molecule has 2 aromatic carbocycles. The van der Waals surface area contributed by atoms with Crippen molar-refractivity contribution >= 4 is 17.6 Å². The number of benzene rings is 2. The molecular formula is C17H10ClF3N2O2. The van der Waals surface area contributed by atoms with Crippen LogP contribution in [0.2, 0.25) is 5.02 Å². The molecule has 8 heteroatoms. The number of carboxylic acids is 1. The highest BCUT2D eigenvalue weighted by Gasteiger charge is 2.31. The Morgan fingerprint density at radius 3 is 2.40 bits per heavy atom. The van der Waals surface area contributed by atoms with Crippen molar-refractivity contribution in [3.8, 4) is 22.6 Å². The lowest BCUT2D eigenvalue weighted by Gasteiger charge is -2.09. The molecule has 0 fully saturated rings. The van der Waals surface area contributed by atoms with E-state index in [9.17, 15) is 18.0 Å². The number of aromatic amines is 1. The normalized spacial score (nSPS) is 11.5. The van der Waals surface area contributed by atoms with E-state index < -0.39 is 17.7 Å². The topological polar surface area (TPSA) is 66.0 Å². The Kier molecular flexibility index (Phi) is 4.26. The Bertz CT molecular complexity index is 934. The van der Waals surface area contributed by atoms with Crippen LogP contribution in [0.3, 0.4) is 0 Å². The first-order chi connectivity index (χ1) is 11.8. The maximum absolute atomic E-state index is 12.9. The van der Waals surface area contributed by atoms with Crippen LogP contribution in [0.25, 0.3) is 22.6 Å². The van der Waals surface area contributed by atoms with E-state index in [-0.39, 0.29) is 16.1 Å². The smallest absolute Gasteiger partial charge is 0.416 e. The van der Waals surface area contributed by atoms with Gasteiger partial charge in [-0.1, -0.05) is 23.7 Å². The zero-order valence-electron chi connectivity index (χ0n) is 12.4. The van der Waals surface area contributed by atoms with Crippen molar-refractivity contribution in [3.05, 3.63) is 64.8 Å². The Morgan fingerprint density at radius 1 is 1.12 bits per heavy atom. The van der Waals surface area contributed by atoms with Crippen molar-refractivity contribution in [2.24, 2.45) is 0 Å². The maximum Gasteiger partial charge on any atom is 0.416 e. The highest BCUT2D eigenvalue weighted by atomic mass is 35.5. The SMILES string of the molecule is O=C(O)c1ccc(-c2ncc(-c3cc(C(F)(F)F)ccc3Cl)[nH]2)cc1. The van der Waals surface area contributed by atoms with Crippen LogP contribution >= 0.6 is 11.6 Å². The minimum atomic E-state index is -4.48. The average molecular weight is 367 g/mol. The third-order valence-electron chi connectivity index (χ3n) is 3.56. The molecule has 3 aromatic rings. The molecule has 4 nitrogen and oxygen atoms in total. The number of carbonyl (C=O) groups is 1. The van der Waals surface area contributed by atoms with Crippen molar-refractivity contribution in [1.82, 2.24) is 9.97 Å². The summed E-state index contributed by atoms with van der Waals surface area (Å²) < 4.78 is 38.6. The summed E-state index contributed by atoms with van der Waals surface area (Å²) >= 11 is 6.01. The quantitative estimate of drug-likeness (QED) is 0.676. The van der Waals surface area contributed by atoms with Gasteiger partial charge in [0.1, 0.15) is 5.82 Å². The molecule has 0 aliphatic carbocycles. The number of aromatic nitrogens is 2. The van der Waals surface area contributed by atoms with E-state index >= 15 is 0 Å². The largest absolute Gasteiger partial charge is 0.478 e. The number of nitrogens with one attached hydrogen (secondary N) is 1. The van der Waals surface area contributed by atoms with E-state index in [4.69, 9.17) is 16.7 Å². The first-order valence-corrected chi connectivity index (χ1v) is 7.39. The minimum Gasteiger partial charge on any atom is -0.478 e. The molecule has 2 N–H and O–H groups in total. The second-order valence-corrected chi connectivity index (χ2v) is 5.63. The maximum atomic E-state index is 12.9. The molecule has 0 spiro atoms. The van der Waals surface area contributed by atoms with Crippen LogP contribution in [-0.4, -0.2) is 21.0 Å². The molecule has 0 amide bonds. The van der Waals surface area contributed by atoms with Crippen molar-refractivity contribution in [2.45, 2.75) is 6.18 Å². The first kappa shape index (κ1) is 17.0. The van der Waals surface area contributed by atoms with E-state index in [2.05, 4.69) is 9.97 Å². The van der Waals surface area contributed by atoms with Gasteiger partial charge in [-0.2, -0.15) is 13.2 Å². The number of rotatable bonds is 3. The summed E-state index contributed by atoms with van der Waals surface area (Å²) in [7, 11) is 0. The molecule has 25 heavy (non-hydrogen) atoms. The van der Waals surface area contributed by atoms with Gasteiger partial charge >= 0.3 is 12.1 Å². The second kappa shape index (κ2) is 6.25. The Hall–Kier alpha value is -2.80. The lowest BCUT2D eigenvalue weighted by Crippen LogP contribution is -2.04. The van der Waals surface area contributed by atoms with Gasteiger partial charge in [-0.25, -0.2) is 9.78 Å². The molecule has 0 aliphatic heterocycles. The molecule has 0 aliphatic rings. The van der Waals surface area contributed by atoms with Crippen LogP contribution in [0, 0.1) is 0 Å². The zero-order chi connectivity index (χ0) is 18.2. The summed E-state index contributed by atoms with van der Waals surface area (Å²) in [6, 6.07) is 8.98. The van der Waals surface area contributed by atoms with Crippen molar-refractivity contribution in [1.29, 1.82) is 0 Å². The third-order valence-corrected chi connectivity index (χ3v) is 3.89. The molecule has 1 heterocycles. The molecule has 0 unspecified atom stereocenters. The predicted octanol–water partition coefficient (Wildman–Crippen LogP) is 5.11. The van der Waals surface area contributed by atoms with Crippen LogP contribution < -0.4 is 0 Å². The highest BCUT2D eigenvalue weighted by Crippen LogP contribution is 2.35. The Balaban J connectivity index is 1.97. The van der Waals surface area contributed by atoms with Gasteiger partial charge in [-0.3, -0.25) is 0 Å². The standard InChI is InChI=1S/C17H10ClF3N2O2/c18-13-6-5-11(17(19,20)21)7-12(13)14-8-22-15(23-14)9-1-3-10(4-2-9)16(24)25/h1-8H,(H,22,23)(H,24,25). The predicted molar refractivity (Wildman–Crippen MR) is 86.4 cm³/mol. The van der Waals surface area contributed by atoms with Gasteiger partial charge in [0, 0.05) is 16.1 Å². The average Bonchev–Trinajstić information content (AvgIpc) is 3.04. The Labute approximate surface area is 144 Å². The van der Waals surface area contributed by atoms with Crippen molar-refractivity contribution in [2.75, 3.05) is 0 Å². The van der Waals surface area contributed by atoms with E-state index in [0.29, 0.717) is 17.1 Å². The number of nitrogens with zero attached hydrogens (tertiary/aromatic N) is 1. The van der Waals surface area contributed by atoms with E-state index in [1.807, 2.05) is 0 Å². The number of H-pyrrole nitrogens is 1. The fraction of sp³-hybridized carbons (Fsp3) is 0.0588. The number of hydrogen-bond donors (Lipinski definition) is 2. The molecule has 0 radical (unpaired) electrons. The lowest BCUT2D eigenvalue weighted by molar-refractivity contribution is -0.137. The molecule has 0 bridgehead atoms. The third kappa shape index (κ3) is 3.51. The zero-order valence-corrected chi connectivity index (χ0v) is 13.2. The number of alkyl halides is 3. The number of hydrogen-bond acceptors (Lipinski definition) is 2. The van der Waals surface area contributed by atoms with Gasteiger partial charge in [-0.05, 0) is 30.3 Å². The van der Waals surface area contributed by atoms with Crippen LogP contribution in [-0.2, 0) is 6.18 Å². The minimum absolute atomic E-state index is 0.122. The Morgan fingerprint density at radius 2 is 1.80 bits per heavy atom. The molecule has 0 saturated carbocycles. The van der Waals surface area contributed by atoms with Gasteiger partial charge in [0.2, 0.25) is 0 Å². The lowest BCUT2D eigenvalue weighted by atomic mass is 10.1. The van der Waals surface area contributed by atoms with Gasteiger partial charge in [0.15, 0.2) is 0 Å². The monoisotopic (exact) mass is 366 g/mol. The molecule has 0 atom stereocenters. The molecule has 3 rings (SSSR count). The summed E-state index contributed by atoms with van der Waals surface area (Å²) in [6.45, 7) is 0. The van der Waals surface area contributed by atoms with Crippen LogP contribution in [0.15, 0.2) is 48.7 Å². The van der Waals surface area contributed by atoms with Gasteiger partial charge < -0.3 is 10.1 Å². The molecule has 128 valence electrons. The molecule has 1 aromatic heterocycles. The first-order valence-electron chi connectivity index (χ1n) is 7.01. The molecular weight excluding hydrogens is 357 g/mol. The highest BCUT2D eigenvalue weighted by molar-refractivity contribution is 6.33. The fourth-order valence-corrected chi connectivity index (χ4v) is 2.50. The van der Waals surface area contributed by atoms with Crippen LogP contribution in [0.5, 0.6) is 0 Å². The van der Waals surface area contributed by atoms with E-state index in [0.717, 1.165) is 12.1 Å². The number of aromatic carboxylic acids is 1. The number of halogens is 4. The van der Waals surface area contributed by atoms with E-state index in [1.54, 1.807) is 12.1 Å². The van der Waals surface area contributed by atoms with Gasteiger partial charge in [-0.15, -0.1) is 0 Å². The van der Waals surface area contributed by atoms with E-state index in [1.165, 1.54) is 24.4 Å². The second-order valence-electron chi connectivity index (χ2n) is 5.22. The number of carboxylic acid groups (broad SMARTS) is 1. The fourth-order valence-electron chi connectivity index (χ4n) is 2.28. The number of imidazole rings is 1. The summed E-state index contributed by atoms with van der Waals surface area (Å²) in [6.07, 6.45) is -3.10. The van der Waals surface area contributed by atoms with Crippen molar-refractivity contribution < 1.29 is 23.1 Å².